The van der Waals surface area contributed by atoms with Gasteiger partial charge in [-0.05, 0) is 71.2 Å². The molecule has 5 amide bonds. The van der Waals surface area contributed by atoms with Gasteiger partial charge in [-0.2, -0.15) is 0 Å². The van der Waals surface area contributed by atoms with Gasteiger partial charge in [-0.1, -0.05) is 103 Å². The third-order valence-electron chi connectivity index (χ3n) is 10.6. The van der Waals surface area contributed by atoms with Crippen molar-refractivity contribution in [2.45, 2.75) is 69.2 Å². The molecule has 0 radical (unpaired) electrons. The van der Waals surface area contributed by atoms with Gasteiger partial charge >= 0.3 is 5.97 Å². The molecule has 1 aromatic heterocycles. The number of benzene rings is 4. The fourth-order valence-corrected chi connectivity index (χ4v) is 7.69. The van der Waals surface area contributed by atoms with Crippen LogP contribution in [0.5, 0.6) is 5.75 Å². The van der Waals surface area contributed by atoms with Crippen LogP contribution in [0.1, 0.15) is 34.9 Å². The van der Waals surface area contributed by atoms with E-state index >= 15 is 0 Å². The summed E-state index contributed by atoms with van der Waals surface area (Å²) in [5.41, 5.74) is 4.20. The molecule has 4 aromatic carbocycles. The van der Waals surface area contributed by atoms with Crippen molar-refractivity contribution in [3.8, 4) is 16.9 Å². The van der Waals surface area contributed by atoms with Crippen molar-refractivity contribution >= 4 is 46.8 Å². The third-order valence-corrected chi connectivity index (χ3v) is 11.5. The maximum Gasteiger partial charge on any atom is 0.326 e. The van der Waals surface area contributed by atoms with E-state index in [1.165, 1.54) is 25.3 Å². The first-order valence-electron chi connectivity index (χ1n) is 20.1. The molecule has 14 heteroatoms. The number of nitrogens with zero attached hydrogens (tertiary/aromatic N) is 1. The average molecular weight is 844 g/mol. The minimum absolute atomic E-state index is 0.0244. The molecule has 2 aliphatic rings. The van der Waals surface area contributed by atoms with E-state index < -0.39 is 72.3 Å². The molecule has 0 spiro atoms. The molecule has 13 nitrogen and oxygen atoms in total. The van der Waals surface area contributed by atoms with Gasteiger partial charge in [0.25, 0.3) is 5.91 Å². The zero-order chi connectivity index (χ0) is 43.3. The summed E-state index contributed by atoms with van der Waals surface area (Å²) in [6.07, 6.45) is 0.664. The van der Waals surface area contributed by atoms with Gasteiger partial charge in [0.15, 0.2) is 6.61 Å². The van der Waals surface area contributed by atoms with Gasteiger partial charge in [-0.3, -0.25) is 24.0 Å². The summed E-state index contributed by atoms with van der Waals surface area (Å²) in [5, 5.41) is 22.9. The van der Waals surface area contributed by atoms with Crippen LogP contribution in [0.2, 0.25) is 0 Å². The molecule has 0 saturated heterocycles. The number of aliphatic carboxylic acids is 1. The number of aryl methyl sites for hydroxylation is 1. The molecule has 316 valence electrons. The highest BCUT2D eigenvalue weighted by atomic mass is 32.1. The number of carboxylic acid groups (broad SMARTS) is 1. The maximum absolute atomic E-state index is 14.6. The Kier molecular flexibility index (Phi) is 15.0. The van der Waals surface area contributed by atoms with Crippen molar-refractivity contribution in [1.29, 1.82) is 0 Å². The van der Waals surface area contributed by atoms with Gasteiger partial charge in [-0.15, -0.1) is 11.3 Å². The second-order valence-electron chi connectivity index (χ2n) is 15.0. The molecule has 0 unspecified atom stereocenters. The first-order valence-corrected chi connectivity index (χ1v) is 20.9. The summed E-state index contributed by atoms with van der Waals surface area (Å²) in [4.78, 5) is 84.3. The van der Waals surface area contributed by atoms with Crippen LogP contribution in [0.25, 0.3) is 11.1 Å². The van der Waals surface area contributed by atoms with Gasteiger partial charge in [-0.25, -0.2) is 4.79 Å². The largest absolute Gasteiger partial charge is 0.484 e. The zero-order valence-electron chi connectivity index (χ0n) is 33.9. The summed E-state index contributed by atoms with van der Waals surface area (Å²) in [6, 6.07) is 31.1. The van der Waals surface area contributed by atoms with E-state index in [-0.39, 0.29) is 25.7 Å². The fraction of sp³-hybridized carbons (Fsp3) is 0.277. The van der Waals surface area contributed by atoms with Crippen molar-refractivity contribution in [2.75, 3.05) is 13.7 Å². The minimum Gasteiger partial charge on any atom is -0.484 e. The van der Waals surface area contributed by atoms with Crippen LogP contribution < -0.4 is 26.0 Å². The highest BCUT2D eigenvalue weighted by Crippen LogP contribution is 2.21. The minimum atomic E-state index is -1.23. The first kappa shape index (κ1) is 43.8. The molecule has 2 aliphatic heterocycles. The summed E-state index contributed by atoms with van der Waals surface area (Å²) in [6.45, 7) is 0.953. The Labute approximate surface area is 358 Å². The number of hydrogen-bond donors (Lipinski definition) is 5. The Balaban J connectivity index is 1.36. The number of likely N-dealkylation sites (N-methyl/N-ethyl adjacent to an activating group) is 1. The van der Waals surface area contributed by atoms with E-state index in [4.69, 9.17) is 4.74 Å². The van der Waals surface area contributed by atoms with Gasteiger partial charge in [0.2, 0.25) is 23.6 Å². The van der Waals surface area contributed by atoms with Crippen molar-refractivity contribution in [3.05, 3.63) is 148 Å². The van der Waals surface area contributed by atoms with E-state index in [0.717, 1.165) is 32.0 Å². The molecule has 5 N–H and O–H groups in total. The van der Waals surface area contributed by atoms with Gasteiger partial charge in [0, 0.05) is 31.2 Å². The number of carbonyl (C=O) groups excluding carboxylic acids is 5. The molecular weight excluding hydrogens is 795 g/mol. The lowest BCUT2D eigenvalue weighted by Gasteiger charge is -2.29. The predicted octanol–water partition coefficient (Wildman–Crippen LogP) is 4.34. The van der Waals surface area contributed by atoms with Crippen LogP contribution in [0, 0.1) is 0 Å². The van der Waals surface area contributed by atoms with Crippen LogP contribution in [0.3, 0.4) is 0 Å². The molecule has 2 bridgehead atoms. The van der Waals surface area contributed by atoms with Crippen molar-refractivity contribution in [1.82, 2.24) is 26.2 Å². The van der Waals surface area contributed by atoms with E-state index in [0.29, 0.717) is 17.7 Å². The second-order valence-corrected chi connectivity index (χ2v) is 16.0. The molecular formula is C47H49N5O8S. The molecule has 5 aromatic rings. The van der Waals surface area contributed by atoms with Gasteiger partial charge < -0.3 is 36.0 Å². The highest BCUT2D eigenvalue weighted by Gasteiger charge is 2.34. The monoisotopic (exact) mass is 843 g/mol. The number of carbonyl (C=O) groups is 6. The van der Waals surface area contributed by atoms with Crippen molar-refractivity contribution in [3.63, 3.8) is 0 Å². The molecule has 5 atom stereocenters. The van der Waals surface area contributed by atoms with Crippen LogP contribution in [-0.4, -0.2) is 89.4 Å². The molecule has 0 aliphatic carbocycles. The molecule has 61 heavy (non-hydrogen) atoms. The van der Waals surface area contributed by atoms with E-state index in [9.17, 15) is 33.9 Å². The Hall–Kier alpha value is -6.80. The summed E-state index contributed by atoms with van der Waals surface area (Å²) in [5.74, 6) is -4.04. The van der Waals surface area contributed by atoms with Crippen LogP contribution in [0.4, 0.5) is 0 Å². The Morgan fingerprint density at radius 3 is 1.95 bits per heavy atom. The SMILES string of the molecule is C[C@H](C(=O)O)N(C)C(=O)[C@@H]1Cc2ccc(cc2)OCC(=O)N[C@@H](Cc2cccs2)C(=O)N[C@H](Cc2ccc(-c3ccccc3)cc2)C(=O)N[C@@H](CCc2ccccc2)C(=O)N1. The zero-order valence-corrected chi connectivity index (χ0v) is 34.7. The van der Waals surface area contributed by atoms with Crippen molar-refractivity contribution in [2.24, 2.45) is 0 Å². The second kappa shape index (κ2) is 20.9. The average Bonchev–Trinajstić information content (AvgIpc) is 3.79. The number of fused-ring (bicyclic) bond motifs is 16. The predicted molar refractivity (Wildman–Crippen MR) is 232 cm³/mol. The normalized spacial score (nSPS) is 19.4. The van der Waals surface area contributed by atoms with Crippen LogP contribution >= 0.6 is 11.3 Å². The van der Waals surface area contributed by atoms with E-state index in [1.54, 1.807) is 24.3 Å². The number of nitrogens with one attached hydrogen (secondary N) is 4. The summed E-state index contributed by atoms with van der Waals surface area (Å²) >= 11 is 1.42. The first-order chi connectivity index (χ1) is 29.4. The lowest BCUT2D eigenvalue weighted by molar-refractivity contribution is -0.149. The van der Waals surface area contributed by atoms with Crippen LogP contribution in [-0.2, 0) is 54.5 Å². The van der Waals surface area contributed by atoms with Crippen molar-refractivity contribution < 1.29 is 38.6 Å². The molecule has 7 rings (SSSR count). The molecule has 3 heterocycles. The summed E-state index contributed by atoms with van der Waals surface area (Å²) < 4.78 is 5.76. The van der Waals surface area contributed by atoms with Gasteiger partial charge in [0.1, 0.15) is 36.0 Å². The smallest absolute Gasteiger partial charge is 0.326 e. The number of carboxylic acids is 1. The number of rotatable bonds is 11. The lowest BCUT2D eigenvalue weighted by atomic mass is 9.99. The quantitative estimate of drug-likeness (QED) is 0.122. The fourth-order valence-electron chi connectivity index (χ4n) is 6.93. The number of amides is 5. The van der Waals surface area contributed by atoms with Gasteiger partial charge in [0.05, 0.1) is 0 Å². The van der Waals surface area contributed by atoms with Crippen LogP contribution in [0.15, 0.2) is 127 Å². The number of hydrogen-bond acceptors (Lipinski definition) is 8. The maximum atomic E-state index is 14.6. The molecule has 0 saturated carbocycles. The number of ether oxygens (including phenoxy) is 1. The lowest BCUT2D eigenvalue weighted by Crippen LogP contribution is -2.59. The third kappa shape index (κ3) is 12.4. The Morgan fingerprint density at radius 2 is 1.31 bits per heavy atom. The highest BCUT2D eigenvalue weighted by molar-refractivity contribution is 7.09. The Bertz CT molecular complexity index is 2270. The Morgan fingerprint density at radius 1 is 0.705 bits per heavy atom. The topological polar surface area (TPSA) is 183 Å². The number of thiophene rings is 1. The van der Waals surface area contributed by atoms with E-state index in [1.807, 2.05) is 102 Å². The standard InChI is InChI=1S/C47H49N5O8S/c1-30(47(58)59)52(2)46(57)41-27-33-17-22-36(23-18-33)60-29-42(53)48-40(28-37-14-9-25-61-37)45(56)50-39(26-32-15-20-35(21-16-32)34-12-7-4-8-13-34)44(55)49-38(43(54)51-41)24-19-31-10-5-3-6-11-31/h3-18,20-23,25,30,38-41H,19,24,26-29H2,1-2H3,(H,48,53)(H,49,55)(H,50,56)(H,51,54)(H,58,59)/t30-,38+,39-,40+,41+/m1/s1. The van der Waals surface area contributed by atoms with E-state index in [2.05, 4.69) is 21.3 Å². The summed E-state index contributed by atoms with van der Waals surface area (Å²) in [7, 11) is 1.35. The molecule has 0 fully saturated rings.